The number of nitrogens with one attached hydrogen (secondary N) is 2. The highest BCUT2D eigenvalue weighted by Gasteiger charge is 2.64. The first-order chi connectivity index (χ1) is 22.6. The fourth-order valence-corrected chi connectivity index (χ4v) is 11.4. The van der Waals surface area contributed by atoms with E-state index in [-0.39, 0.29) is 36.0 Å². The Morgan fingerprint density at radius 1 is 1.06 bits per heavy atom. The van der Waals surface area contributed by atoms with Crippen LogP contribution >= 0.6 is 0 Å². The number of anilines is 2. The molecule has 3 heterocycles. The summed E-state index contributed by atoms with van der Waals surface area (Å²) >= 11 is 0. The maximum atomic E-state index is 14.1. The second-order valence-corrected chi connectivity index (χ2v) is 17.5. The summed E-state index contributed by atoms with van der Waals surface area (Å²) in [4.78, 5) is 27.2. The number of aromatic nitrogens is 3. The van der Waals surface area contributed by atoms with Crippen LogP contribution in [0.1, 0.15) is 35.0 Å². The molecule has 1 aromatic heterocycles. The number of hydrogen-bond acceptors (Lipinski definition) is 8. The molecule has 4 aromatic rings. The number of nitrogens with zero attached hydrogens (tertiary/aromatic N) is 3. The van der Waals surface area contributed by atoms with Gasteiger partial charge in [-0.3, -0.25) is 14.3 Å². The number of methoxy groups -OCH3 is 2. The normalized spacial score (nSPS) is 21.8. The number of fused-ring (bicyclic) bond motifs is 2. The fourth-order valence-electron chi connectivity index (χ4n) is 7.36. The number of ether oxygens (including phenoxy) is 3. The van der Waals surface area contributed by atoms with Gasteiger partial charge in [-0.25, -0.2) is 0 Å². The van der Waals surface area contributed by atoms with E-state index in [1.54, 1.807) is 49.2 Å². The molecule has 2 aliphatic heterocycles. The van der Waals surface area contributed by atoms with Crippen LogP contribution < -0.4 is 25.3 Å². The third-order valence-electron chi connectivity index (χ3n) is 9.80. The molecule has 2 amide bonds. The lowest BCUT2D eigenvalue weighted by atomic mass is 9.82. The number of rotatable bonds is 11. The number of hydrogen-bond donors (Lipinski definition) is 3. The van der Waals surface area contributed by atoms with Gasteiger partial charge >= 0.3 is 0 Å². The summed E-state index contributed by atoms with van der Waals surface area (Å²) < 4.78 is 19.5. The van der Waals surface area contributed by atoms with Crippen molar-refractivity contribution in [2.45, 2.75) is 56.7 Å². The Hall–Kier alpha value is -4.52. The smallest absolute Gasteiger partial charge is 0.261 e. The van der Waals surface area contributed by atoms with E-state index in [1.807, 2.05) is 30.5 Å². The molecule has 12 heteroatoms. The standard InChI is InChI=1S/C35H41N5O6Si/c1-22-32(47(4,5)28-13-11-27(45-3)12-14-28)31(16-18-40-21-25(17-19-41)38-39-40)46-35(22)29-20-24(8-15-30(29)37-34(35)43)36-33(42)23-6-9-26(44-2)10-7-23/h6-15,20-22,31-32,41H,16-19H2,1-5H3,(H,36,42)(H,37,43)/t22-,31+,32-,35+/m0/s1. The maximum absolute atomic E-state index is 14.1. The van der Waals surface area contributed by atoms with E-state index < -0.39 is 13.7 Å². The zero-order chi connectivity index (χ0) is 33.3. The van der Waals surface area contributed by atoms with Gasteiger partial charge in [0.2, 0.25) is 0 Å². The van der Waals surface area contributed by atoms with Crippen LogP contribution in [0.3, 0.4) is 0 Å². The average Bonchev–Trinajstić information content (AvgIpc) is 3.74. The lowest BCUT2D eigenvalue weighted by Gasteiger charge is -2.37. The molecule has 1 spiro atoms. The van der Waals surface area contributed by atoms with E-state index in [1.165, 1.54) is 5.19 Å². The Kier molecular flexibility index (Phi) is 8.92. The molecule has 3 N–H and O–H groups in total. The molecule has 11 nitrogen and oxygen atoms in total. The highest BCUT2D eigenvalue weighted by Crippen LogP contribution is 2.59. The first kappa shape index (κ1) is 32.4. The van der Waals surface area contributed by atoms with Crippen molar-refractivity contribution < 1.29 is 28.9 Å². The molecule has 0 aliphatic carbocycles. The van der Waals surface area contributed by atoms with E-state index in [9.17, 15) is 14.7 Å². The zero-order valence-corrected chi connectivity index (χ0v) is 28.3. The van der Waals surface area contributed by atoms with Gasteiger partial charge in [0.25, 0.3) is 11.8 Å². The van der Waals surface area contributed by atoms with E-state index in [2.05, 4.69) is 53.1 Å². The van der Waals surface area contributed by atoms with Crippen molar-refractivity contribution in [1.82, 2.24) is 15.0 Å². The molecule has 3 aromatic carbocycles. The number of carbonyl (C=O) groups is 2. The van der Waals surface area contributed by atoms with Gasteiger partial charge in [-0.05, 0) is 66.6 Å². The minimum Gasteiger partial charge on any atom is -0.497 e. The third kappa shape index (κ3) is 5.92. The lowest BCUT2D eigenvalue weighted by Crippen LogP contribution is -2.51. The fraction of sp³-hybridized carbons (Fsp3) is 0.371. The molecule has 0 radical (unpaired) electrons. The molecule has 246 valence electrons. The summed E-state index contributed by atoms with van der Waals surface area (Å²) in [5, 5.41) is 25.1. The monoisotopic (exact) mass is 655 g/mol. The summed E-state index contributed by atoms with van der Waals surface area (Å²) in [7, 11) is 0.928. The SMILES string of the molecule is COc1ccc(C(=O)Nc2ccc3c(c2)[C@@]2(O[C@H](CCn4cc(CCO)nn4)[C@@H]([Si](C)(C)c4ccc(OC)cc4)[C@@H]2C)C(=O)N3)cc1. The van der Waals surface area contributed by atoms with Crippen LogP contribution in [0.4, 0.5) is 11.4 Å². The summed E-state index contributed by atoms with van der Waals surface area (Å²) in [6, 6.07) is 20.6. The van der Waals surface area contributed by atoms with Gasteiger partial charge in [-0.1, -0.05) is 42.6 Å². The van der Waals surface area contributed by atoms with Crippen molar-refractivity contribution in [2.24, 2.45) is 5.92 Å². The molecule has 47 heavy (non-hydrogen) atoms. The Labute approximate surface area is 275 Å². The van der Waals surface area contributed by atoms with Crippen molar-refractivity contribution in [3.05, 3.63) is 89.7 Å². The van der Waals surface area contributed by atoms with Crippen molar-refractivity contribution in [3.8, 4) is 11.5 Å². The number of amides is 2. The summed E-state index contributed by atoms with van der Waals surface area (Å²) in [5.41, 5.74) is 1.99. The molecular weight excluding hydrogens is 615 g/mol. The van der Waals surface area contributed by atoms with Crippen LogP contribution in [0, 0.1) is 5.92 Å². The number of aryl methyl sites for hydroxylation is 1. The van der Waals surface area contributed by atoms with Crippen molar-refractivity contribution >= 4 is 36.4 Å². The molecule has 4 atom stereocenters. The predicted octanol–water partition coefficient (Wildman–Crippen LogP) is 4.34. The molecule has 0 saturated carbocycles. The molecule has 0 bridgehead atoms. The van der Waals surface area contributed by atoms with Crippen molar-refractivity contribution in [2.75, 3.05) is 31.5 Å². The van der Waals surface area contributed by atoms with Crippen LogP contribution in [0.25, 0.3) is 0 Å². The lowest BCUT2D eigenvalue weighted by molar-refractivity contribution is -0.143. The predicted molar refractivity (Wildman–Crippen MR) is 181 cm³/mol. The number of benzene rings is 3. The van der Waals surface area contributed by atoms with Gasteiger partial charge in [0.05, 0.1) is 34.1 Å². The van der Waals surface area contributed by atoms with Gasteiger partial charge in [0.15, 0.2) is 5.60 Å². The van der Waals surface area contributed by atoms with Crippen LogP contribution in [-0.4, -0.2) is 66.9 Å². The Morgan fingerprint density at radius 3 is 2.40 bits per heavy atom. The van der Waals surface area contributed by atoms with Gasteiger partial charge < -0.3 is 30.0 Å². The van der Waals surface area contributed by atoms with Crippen LogP contribution in [-0.2, 0) is 28.1 Å². The van der Waals surface area contributed by atoms with Crippen LogP contribution in [0.15, 0.2) is 72.9 Å². The zero-order valence-electron chi connectivity index (χ0n) is 27.3. The Bertz CT molecular complexity index is 1760. The minimum absolute atomic E-state index is 0.00521. The summed E-state index contributed by atoms with van der Waals surface area (Å²) in [6.45, 7) is 7.33. The summed E-state index contributed by atoms with van der Waals surface area (Å²) in [5.74, 6) is 0.803. The first-order valence-electron chi connectivity index (χ1n) is 15.8. The van der Waals surface area contributed by atoms with E-state index in [4.69, 9.17) is 14.2 Å². The van der Waals surface area contributed by atoms with Gasteiger partial charge in [0, 0.05) is 54.2 Å². The summed E-state index contributed by atoms with van der Waals surface area (Å²) in [6.07, 6.45) is 2.63. The molecule has 1 saturated heterocycles. The molecule has 2 aliphatic rings. The molecule has 0 unspecified atom stereocenters. The Morgan fingerprint density at radius 2 is 1.74 bits per heavy atom. The van der Waals surface area contributed by atoms with Gasteiger partial charge in [0.1, 0.15) is 11.5 Å². The second kappa shape index (κ2) is 12.9. The first-order valence-corrected chi connectivity index (χ1v) is 18.9. The van der Waals surface area contributed by atoms with Gasteiger partial charge in [-0.2, -0.15) is 0 Å². The maximum Gasteiger partial charge on any atom is 0.261 e. The Balaban J connectivity index is 1.35. The number of carbonyl (C=O) groups excluding carboxylic acids is 2. The average molecular weight is 656 g/mol. The largest absolute Gasteiger partial charge is 0.497 e. The second-order valence-electron chi connectivity index (χ2n) is 12.8. The van der Waals surface area contributed by atoms with Crippen molar-refractivity contribution in [1.29, 1.82) is 0 Å². The van der Waals surface area contributed by atoms with E-state index in [0.717, 1.165) is 17.0 Å². The molecule has 6 rings (SSSR count). The van der Waals surface area contributed by atoms with Crippen molar-refractivity contribution in [3.63, 3.8) is 0 Å². The molecule has 1 fully saturated rings. The minimum atomic E-state index is -2.31. The number of aliphatic hydroxyl groups excluding tert-OH is 1. The highest BCUT2D eigenvalue weighted by molar-refractivity contribution is 6.91. The third-order valence-corrected chi connectivity index (χ3v) is 14.2. The number of aliphatic hydroxyl groups is 1. The van der Waals surface area contributed by atoms with Crippen LogP contribution in [0.2, 0.25) is 18.6 Å². The molecular formula is C35H41N5O6Si. The van der Waals surface area contributed by atoms with Gasteiger partial charge in [-0.15, -0.1) is 5.10 Å². The van der Waals surface area contributed by atoms with E-state index >= 15 is 0 Å². The van der Waals surface area contributed by atoms with Crippen LogP contribution in [0.5, 0.6) is 11.5 Å². The quantitative estimate of drug-likeness (QED) is 0.203. The topological polar surface area (TPSA) is 137 Å². The highest BCUT2D eigenvalue weighted by atomic mass is 28.3. The van der Waals surface area contributed by atoms with E-state index in [0.29, 0.717) is 42.1 Å².